The third kappa shape index (κ3) is 3.24. The third-order valence-corrected chi connectivity index (χ3v) is 4.22. The van der Waals surface area contributed by atoms with E-state index in [1.54, 1.807) is 11.9 Å². The lowest BCUT2D eigenvalue weighted by atomic mass is 10.1. The molecule has 2 aliphatic heterocycles. The Kier molecular flexibility index (Phi) is 4.95. The molecule has 0 saturated carbocycles. The number of amides is 2. The van der Waals surface area contributed by atoms with E-state index in [1.165, 1.54) is 11.8 Å². The monoisotopic (exact) mass is 297 g/mol. The number of aliphatic hydroxyl groups excluding tert-OH is 1. The van der Waals surface area contributed by atoms with Crippen LogP contribution in [0.5, 0.6) is 0 Å². The van der Waals surface area contributed by atoms with E-state index in [9.17, 15) is 19.5 Å². The first-order valence-electron chi connectivity index (χ1n) is 7.38. The first kappa shape index (κ1) is 15.9. The molecule has 2 saturated heterocycles. The summed E-state index contributed by atoms with van der Waals surface area (Å²) in [7, 11) is 1.66. The van der Waals surface area contributed by atoms with Crippen molar-refractivity contribution in [3.05, 3.63) is 0 Å². The van der Waals surface area contributed by atoms with Gasteiger partial charge in [-0.2, -0.15) is 0 Å². The van der Waals surface area contributed by atoms with Gasteiger partial charge in [-0.25, -0.2) is 0 Å². The average molecular weight is 297 g/mol. The van der Waals surface area contributed by atoms with Gasteiger partial charge in [-0.05, 0) is 26.8 Å². The number of carbonyl (C=O) groups excluding carboxylic acids is 3. The Balaban J connectivity index is 2.12. The van der Waals surface area contributed by atoms with Crippen molar-refractivity contribution < 1.29 is 19.5 Å². The number of hydrogen-bond acceptors (Lipinski definition) is 5. The van der Waals surface area contributed by atoms with Crippen molar-refractivity contribution >= 4 is 17.6 Å². The van der Waals surface area contributed by atoms with Crippen LogP contribution in [0.15, 0.2) is 0 Å². The summed E-state index contributed by atoms with van der Waals surface area (Å²) in [6.45, 7) is 2.34. The minimum absolute atomic E-state index is 0.0208. The van der Waals surface area contributed by atoms with Crippen molar-refractivity contribution in [2.24, 2.45) is 0 Å². The summed E-state index contributed by atoms with van der Waals surface area (Å²) < 4.78 is 0. The van der Waals surface area contributed by atoms with Crippen molar-refractivity contribution in [2.75, 3.05) is 26.7 Å². The lowest BCUT2D eigenvalue weighted by Gasteiger charge is -2.30. The van der Waals surface area contributed by atoms with Gasteiger partial charge in [-0.15, -0.1) is 0 Å². The molecule has 2 aliphatic rings. The molecule has 0 aromatic heterocycles. The molecular weight excluding hydrogens is 274 g/mol. The number of likely N-dealkylation sites (N-methyl/N-ethyl adjacent to an activating group) is 1. The van der Waals surface area contributed by atoms with E-state index in [4.69, 9.17) is 0 Å². The lowest BCUT2D eigenvalue weighted by molar-refractivity contribution is -0.145. The fourth-order valence-corrected chi connectivity index (χ4v) is 3.22. The smallest absolute Gasteiger partial charge is 0.246 e. The number of rotatable bonds is 4. The number of likely N-dealkylation sites (tertiary alicyclic amines) is 2. The Hall–Kier alpha value is -1.47. The molecular formula is C14H23N3O4. The van der Waals surface area contributed by atoms with Gasteiger partial charge in [0.15, 0.2) is 5.78 Å². The van der Waals surface area contributed by atoms with Crippen LogP contribution in [0.4, 0.5) is 0 Å². The molecule has 2 fully saturated rings. The normalized spacial score (nSPS) is 29.0. The zero-order chi connectivity index (χ0) is 15.6. The summed E-state index contributed by atoms with van der Waals surface area (Å²) >= 11 is 0. The van der Waals surface area contributed by atoms with Gasteiger partial charge in [0, 0.05) is 19.5 Å². The van der Waals surface area contributed by atoms with E-state index in [0.29, 0.717) is 13.0 Å². The Bertz CT molecular complexity index is 440. The molecule has 3 atom stereocenters. The van der Waals surface area contributed by atoms with Gasteiger partial charge < -0.3 is 20.2 Å². The number of Topliss-reactive ketones (excluding diaryl/α,β-unsaturated/α-hetero) is 1. The van der Waals surface area contributed by atoms with Crippen LogP contribution in [0.1, 0.15) is 26.2 Å². The molecule has 2 amide bonds. The van der Waals surface area contributed by atoms with Gasteiger partial charge >= 0.3 is 0 Å². The van der Waals surface area contributed by atoms with Crippen molar-refractivity contribution in [2.45, 2.75) is 44.4 Å². The van der Waals surface area contributed by atoms with E-state index in [-0.39, 0.29) is 43.1 Å². The second-order valence-corrected chi connectivity index (χ2v) is 5.78. The zero-order valence-electron chi connectivity index (χ0n) is 12.5. The highest BCUT2D eigenvalue weighted by atomic mass is 16.3. The molecule has 2 N–H and O–H groups in total. The molecule has 0 radical (unpaired) electrons. The quantitative estimate of drug-likeness (QED) is 0.676. The van der Waals surface area contributed by atoms with Crippen molar-refractivity contribution in [1.29, 1.82) is 0 Å². The number of hydrogen-bond donors (Lipinski definition) is 2. The summed E-state index contributed by atoms with van der Waals surface area (Å²) in [6.07, 6.45) is 1.05. The maximum atomic E-state index is 12.7. The number of carbonyl (C=O) groups is 3. The minimum Gasteiger partial charge on any atom is -0.391 e. The van der Waals surface area contributed by atoms with Gasteiger partial charge in [0.05, 0.1) is 18.7 Å². The van der Waals surface area contributed by atoms with Crippen molar-refractivity contribution in [3.8, 4) is 0 Å². The summed E-state index contributed by atoms with van der Waals surface area (Å²) in [5.74, 6) is -0.438. The first-order chi connectivity index (χ1) is 9.95. The highest BCUT2D eigenvalue weighted by molar-refractivity contribution is 5.93. The SMILES string of the molecule is CNCC(=O)N1CC(O)CC1C(=O)N1CCCC1C(C)=O. The Morgan fingerprint density at radius 1 is 1.24 bits per heavy atom. The molecule has 3 unspecified atom stereocenters. The number of β-amino-alcohol motifs (C(OH)–C–C–N with tert-alkyl or cyclic N) is 1. The zero-order valence-corrected chi connectivity index (χ0v) is 12.5. The Morgan fingerprint density at radius 3 is 2.57 bits per heavy atom. The summed E-state index contributed by atoms with van der Waals surface area (Å²) in [4.78, 5) is 39.4. The maximum absolute atomic E-state index is 12.7. The summed E-state index contributed by atoms with van der Waals surface area (Å²) in [5, 5.41) is 12.6. The number of ketones is 1. The van der Waals surface area contributed by atoms with Crippen LogP contribution in [0, 0.1) is 0 Å². The number of nitrogens with zero attached hydrogens (tertiary/aromatic N) is 2. The van der Waals surface area contributed by atoms with Gasteiger partial charge in [-0.3, -0.25) is 14.4 Å². The predicted octanol–water partition coefficient (Wildman–Crippen LogP) is -1.25. The number of nitrogens with one attached hydrogen (secondary N) is 1. The second kappa shape index (κ2) is 6.53. The molecule has 2 heterocycles. The molecule has 0 aliphatic carbocycles. The highest BCUT2D eigenvalue weighted by Crippen LogP contribution is 2.25. The molecule has 0 spiro atoms. The van der Waals surface area contributed by atoms with E-state index >= 15 is 0 Å². The number of aliphatic hydroxyl groups is 1. The fourth-order valence-electron chi connectivity index (χ4n) is 3.22. The molecule has 118 valence electrons. The van der Waals surface area contributed by atoms with Crippen LogP contribution in [-0.2, 0) is 14.4 Å². The van der Waals surface area contributed by atoms with Crippen LogP contribution >= 0.6 is 0 Å². The standard InChI is InChI=1S/C14H23N3O4/c1-9(18)11-4-3-5-16(11)14(21)12-6-10(19)8-17(12)13(20)7-15-2/h10-12,15,19H,3-8H2,1-2H3. The topological polar surface area (TPSA) is 90.0 Å². The van der Waals surface area contributed by atoms with Crippen LogP contribution in [-0.4, -0.2) is 77.4 Å². The third-order valence-electron chi connectivity index (χ3n) is 4.22. The molecule has 2 rings (SSSR count). The molecule has 0 aromatic rings. The van der Waals surface area contributed by atoms with Gasteiger partial charge in [-0.1, -0.05) is 0 Å². The van der Waals surface area contributed by atoms with Crippen LogP contribution in [0.3, 0.4) is 0 Å². The van der Waals surface area contributed by atoms with Crippen molar-refractivity contribution in [3.63, 3.8) is 0 Å². The molecule has 7 nitrogen and oxygen atoms in total. The minimum atomic E-state index is -0.682. The summed E-state index contributed by atoms with van der Waals surface area (Å²) in [5.41, 5.74) is 0. The Labute approximate surface area is 124 Å². The summed E-state index contributed by atoms with van der Waals surface area (Å²) in [6, 6.07) is -1.03. The predicted molar refractivity (Wildman–Crippen MR) is 75.5 cm³/mol. The van der Waals surface area contributed by atoms with E-state index in [1.807, 2.05) is 0 Å². The Morgan fingerprint density at radius 2 is 1.95 bits per heavy atom. The largest absolute Gasteiger partial charge is 0.391 e. The van der Waals surface area contributed by atoms with Gasteiger partial charge in [0.1, 0.15) is 6.04 Å². The first-order valence-corrected chi connectivity index (χ1v) is 7.38. The van der Waals surface area contributed by atoms with E-state index in [2.05, 4.69) is 5.32 Å². The lowest BCUT2D eigenvalue weighted by Crippen LogP contribution is -2.51. The fraction of sp³-hybridized carbons (Fsp3) is 0.786. The molecule has 21 heavy (non-hydrogen) atoms. The molecule has 7 heteroatoms. The van der Waals surface area contributed by atoms with E-state index in [0.717, 1.165) is 6.42 Å². The molecule has 0 aromatic carbocycles. The molecule has 0 bridgehead atoms. The van der Waals surface area contributed by atoms with Crippen LogP contribution in [0.2, 0.25) is 0 Å². The average Bonchev–Trinajstić information content (AvgIpc) is 3.04. The van der Waals surface area contributed by atoms with Crippen LogP contribution < -0.4 is 5.32 Å². The highest BCUT2D eigenvalue weighted by Gasteiger charge is 2.43. The van der Waals surface area contributed by atoms with Gasteiger partial charge in [0.25, 0.3) is 0 Å². The maximum Gasteiger partial charge on any atom is 0.246 e. The van der Waals surface area contributed by atoms with Gasteiger partial charge in [0.2, 0.25) is 11.8 Å². The van der Waals surface area contributed by atoms with Crippen LogP contribution in [0.25, 0.3) is 0 Å². The van der Waals surface area contributed by atoms with E-state index < -0.39 is 12.1 Å². The second-order valence-electron chi connectivity index (χ2n) is 5.78. The van der Waals surface area contributed by atoms with Crippen molar-refractivity contribution in [1.82, 2.24) is 15.1 Å².